The summed E-state index contributed by atoms with van der Waals surface area (Å²) in [6.45, 7) is 0. The third kappa shape index (κ3) is 2.92. The van der Waals surface area contributed by atoms with Gasteiger partial charge in [-0.3, -0.25) is 15.1 Å². The van der Waals surface area contributed by atoms with Crippen molar-refractivity contribution in [2.75, 3.05) is 5.32 Å². The van der Waals surface area contributed by atoms with Crippen molar-refractivity contribution < 1.29 is 14.7 Å². The number of carbonyl (C=O) groups excluding carboxylic acids is 1. The molecule has 26 heavy (non-hydrogen) atoms. The number of imidazole rings is 1. The number of benzene rings is 1. The molecule has 2 N–H and O–H groups in total. The smallest absolute Gasteiger partial charge is 0.335 e. The van der Waals surface area contributed by atoms with E-state index in [0.717, 1.165) is 36.7 Å². The van der Waals surface area contributed by atoms with Gasteiger partial charge in [-0.15, -0.1) is 0 Å². The average Bonchev–Trinajstić information content (AvgIpc) is 3.28. The number of hydrogen-bond acceptors (Lipinski definition) is 4. The molecule has 1 aliphatic rings. The molecular formula is C19H18N4O3. The number of rotatable bonds is 4. The van der Waals surface area contributed by atoms with Crippen molar-refractivity contribution >= 4 is 28.9 Å². The lowest BCUT2D eigenvalue weighted by molar-refractivity contribution is 0.0696. The van der Waals surface area contributed by atoms with Gasteiger partial charge in [0.15, 0.2) is 0 Å². The van der Waals surface area contributed by atoms with E-state index in [4.69, 9.17) is 5.11 Å². The molecule has 7 nitrogen and oxygen atoms in total. The van der Waals surface area contributed by atoms with Crippen LogP contribution in [0.4, 0.5) is 5.95 Å². The van der Waals surface area contributed by atoms with Crippen LogP contribution in [0.15, 0.2) is 42.6 Å². The van der Waals surface area contributed by atoms with Gasteiger partial charge in [0, 0.05) is 12.2 Å². The number of fused-ring (bicyclic) bond motifs is 1. The SMILES string of the molecule is O=C(O)c1ccnc(C(=O)Nc2nc3ccccc3n2C2CCCC2)c1. The molecule has 3 aromatic rings. The van der Waals surface area contributed by atoms with E-state index in [2.05, 4.69) is 19.9 Å². The maximum Gasteiger partial charge on any atom is 0.335 e. The molecule has 0 bridgehead atoms. The molecule has 2 heterocycles. The highest BCUT2D eigenvalue weighted by atomic mass is 16.4. The third-order valence-electron chi connectivity index (χ3n) is 4.75. The number of carbonyl (C=O) groups is 2. The normalized spacial score (nSPS) is 14.6. The molecular weight excluding hydrogens is 332 g/mol. The summed E-state index contributed by atoms with van der Waals surface area (Å²) in [5.74, 6) is -1.09. The maximum atomic E-state index is 12.6. The van der Waals surface area contributed by atoms with Gasteiger partial charge in [0.2, 0.25) is 5.95 Å². The van der Waals surface area contributed by atoms with Gasteiger partial charge < -0.3 is 9.67 Å². The second-order valence-corrected chi connectivity index (χ2v) is 6.42. The molecule has 1 amide bonds. The molecule has 0 saturated heterocycles. The number of amides is 1. The molecule has 0 unspecified atom stereocenters. The van der Waals surface area contributed by atoms with Gasteiger partial charge in [0.05, 0.1) is 16.6 Å². The summed E-state index contributed by atoms with van der Waals surface area (Å²) in [4.78, 5) is 32.3. The minimum atomic E-state index is -1.10. The lowest BCUT2D eigenvalue weighted by atomic mass is 10.2. The van der Waals surface area contributed by atoms with E-state index in [-0.39, 0.29) is 11.3 Å². The number of carboxylic acids is 1. The van der Waals surface area contributed by atoms with Crippen LogP contribution in [0.2, 0.25) is 0 Å². The van der Waals surface area contributed by atoms with Crippen molar-refractivity contribution in [1.29, 1.82) is 0 Å². The molecule has 132 valence electrons. The molecule has 2 aromatic heterocycles. The lowest BCUT2D eigenvalue weighted by Gasteiger charge is -2.16. The summed E-state index contributed by atoms with van der Waals surface area (Å²) in [5.41, 5.74) is 1.88. The zero-order valence-corrected chi connectivity index (χ0v) is 14.1. The van der Waals surface area contributed by atoms with Crippen molar-refractivity contribution in [2.24, 2.45) is 0 Å². The average molecular weight is 350 g/mol. The van der Waals surface area contributed by atoms with Crippen LogP contribution in [0.5, 0.6) is 0 Å². The van der Waals surface area contributed by atoms with E-state index in [1.807, 2.05) is 24.3 Å². The van der Waals surface area contributed by atoms with Gasteiger partial charge >= 0.3 is 5.97 Å². The van der Waals surface area contributed by atoms with Crippen LogP contribution >= 0.6 is 0 Å². The van der Waals surface area contributed by atoms with Crippen LogP contribution in [0.25, 0.3) is 11.0 Å². The lowest BCUT2D eigenvalue weighted by Crippen LogP contribution is -2.19. The van der Waals surface area contributed by atoms with Gasteiger partial charge in [-0.25, -0.2) is 9.78 Å². The summed E-state index contributed by atoms with van der Waals surface area (Å²) in [6, 6.07) is 10.7. The first-order valence-corrected chi connectivity index (χ1v) is 8.61. The highest BCUT2D eigenvalue weighted by Gasteiger charge is 2.24. The highest BCUT2D eigenvalue weighted by Crippen LogP contribution is 2.35. The first-order valence-electron chi connectivity index (χ1n) is 8.61. The van der Waals surface area contributed by atoms with Crippen LogP contribution in [0, 0.1) is 0 Å². The van der Waals surface area contributed by atoms with E-state index < -0.39 is 11.9 Å². The summed E-state index contributed by atoms with van der Waals surface area (Å²) in [5, 5.41) is 11.9. The third-order valence-corrected chi connectivity index (χ3v) is 4.75. The zero-order chi connectivity index (χ0) is 18.1. The van der Waals surface area contributed by atoms with Crippen molar-refractivity contribution in [3.63, 3.8) is 0 Å². The Morgan fingerprint density at radius 3 is 2.69 bits per heavy atom. The Labute approximate surface area is 149 Å². The molecule has 1 fully saturated rings. The zero-order valence-electron chi connectivity index (χ0n) is 14.1. The molecule has 0 aliphatic heterocycles. The Morgan fingerprint density at radius 2 is 1.92 bits per heavy atom. The van der Waals surface area contributed by atoms with E-state index >= 15 is 0 Å². The second-order valence-electron chi connectivity index (χ2n) is 6.42. The molecule has 4 rings (SSSR count). The molecule has 0 radical (unpaired) electrons. The first kappa shape index (κ1) is 16.3. The van der Waals surface area contributed by atoms with E-state index in [1.54, 1.807) is 0 Å². The first-order chi connectivity index (χ1) is 12.6. The van der Waals surface area contributed by atoms with Gasteiger partial charge in [0.25, 0.3) is 5.91 Å². The van der Waals surface area contributed by atoms with Crippen LogP contribution < -0.4 is 5.32 Å². The number of pyridine rings is 1. The van der Waals surface area contributed by atoms with Crippen molar-refractivity contribution in [3.05, 3.63) is 53.9 Å². The number of hydrogen-bond donors (Lipinski definition) is 2. The number of nitrogens with zero attached hydrogens (tertiary/aromatic N) is 3. The fourth-order valence-corrected chi connectivity index (χ4v) is 3.52. The predicted octanol–water partition coefficient (Wildman–Crippen LogP) is 3.50. The number of nitrogens with one attached hydrogen (secondary N) is 1. The van der Waals surface area contributed by atoms with Gasteiger partial charge in [-0.05, 0) is 37.1 Å². The number of para-hydroxylation sites is 2. The van der Waals surface area contributed by atoms with Crippen LogP contribution in [0.1, 0.15) is 52.6 Å². The number of aromatic carboxylic acids is 1. The van der Waals surface area contributed by atoms with Crippen LogP contribution in [-0.4, -0.2) is 31.5 Å². The minimum Gasteiger partial charge on any atom is -0.478 e. The van der Waals surface area contributed by atoms with Crippen LogP contribution in [0.3, 0.4) is 0 Å². The molecule has 1 aliphatic carbocycles. The molecule has 1 aromatic carbocycles. The Hall–Kier alpha value is -3.22. The quantitative estimate of drug-likeness (QED) is 0.750. The van der Waals surface area contributed by atoms with E-state index in [0.29, 0.717) is 12.0 Å². The van der Waals surface area contributed by atoms with E-state index in [9.17, 15) is 9.59 Å². The van der Waals surface area contributed by atoms with Gasteiger partial charge in [-0.2, -0.15) is 0 Å². The minimum absolute atomic E-state index is 0.0226. The summed E-state index contributed by atoms with van der Waals surface area (Å²) < 4.78 is 2.08. The monoisotopic (exact) mass is 350 g/mol. The van der Waals surface area contributed by atoms with Crippen LogP contribution in [-0.2, 0) is 0 Å². The largest absolute Gasteiger partial charge is 0.478 e. The Balaban J connectivity index is 1.70. The fourth-order valence-electron chi connectivity index (χ4n) is 3.52. The number of anilines is 1. The molecule has 0 atom stereocenters. The molecule has 0 spiro atoms. The maximum absolute atomic E-state index is 12.6. The van der Waals surface area contributed by atoms with E-state index in [1.165, 1.54) is 18.3 Å². The Morgan fingerprint density at radius 1 is 1.15 bits per heavy atom. The molecule has 7 heteroatoms. The Bertz CT molecular complexity index is 989. The predicted molar refractivity (Wildman–Crippen MR) is 96.4 cm³/mol. The second kappa shape index (κ2) is 6.59. The summed E-state index contributed by atoms with van der Waals surface area (Å²) in [7, 11) is 0. The topological polar surface area (TPSA) is 97.1 Å². The fraction of sp³-hybridized carbons (Fsp3) is 0.263. The van der Waals surface area contributed by atoms with Crippen molar-refractivity contribution in [2.45, 2.75) is 31.7 Å². The number of aromatic nitrogens is 3. The van der Waals surface area contributed by atoms with Crippen molar-refractivity contribution in [3.8, 4) is 0 Å². The van der Waals surface area contributed by atoms with Gasteiger partial charge in [0.1, 0.15) is 5.69 Å². The highest BCUT2D eigenvalue weighted by molar-refractivity contribution is 6.04. The Kier molecular flexibility index (Phi) is 4.12. The molecule has 1 saturated carbocycles. The summed E-state index contributed by atoms with van der Waals surface area (Å²) in [6.07, 6.45) is 5.74. The van der Waals surface area contributed by atoms with Crippen molar-refractivity contribution in [1.82, 2.24) is 14.5 Å². The number of carboxylic acid groups (broad SMARTS) is 1. The standard InChI is InChI=1S/C19H18N4O3/c24-17(15-11-12(18(25)26)9-10-20-15)22-19-21-14-7-3-4-8-16(14)23(19)13-5-1-2-6-13/h3-4,7-11,13H,1-2,5-6H2,(H,25,26)(H,21,22,24). The van der Waals surface area contributed by atoms with Gasteiger partial charge in [-0.1, -0.05) is 25.0 Å². The summed E-state index contributed by atoms with van der Waals surface area (Å²) >= 11 is 0.